The minimum absolute atomic E-state index is 0.0290. The number of halogens is 3. The zero-order valence-corrected chi connectivity index (χ0v) is 13.3. The minimum atomic E-state index is -4.70. The van der Waals surface area contributed by atoms with Crippen molar-refractivity contribution in [1.29, 1.82) is 0 Å². The third kappa shape index (κ3) is 2.93. The summed E-state index contributed by atoms with van der Waals surface area (Å²) in [6.07, 6.45) is -4.15. The molecule has 1 N–H and O–H groups in total. The number of alkyl halides is 3. The van der Waals surface area contributed by atoms with Gasteiger partial charge in [-0.1, -0.05) is 18.2 Å². The molecule has 1 aliphatic rings. The molecular weight excluding hydrogens is 361 g/mol. The monoisotopic (exact) mass is 372 g/mol. The number of nitrogens with zero attached hydrogens (tertiary/aromatic N) is 2. The summed E-state index contributed by atoms with van der Waals surface area (Å²) in [5.41, 5.74) is -0.517. The number of para-hydroxylation sites is 1. The minimum Gasteiger partial charge on any atom is -0.480 e. The van der Waals surface area contributed by atoms with Crippen LogP contribution in [0.15, 0.2) is 47.5 Å². The number of aromatic nitrogens is 1. The lowest BCUT2D eigenvalue weighted by Crippen LogP contribution is -2.42. The molecule has 1 aliphatic heterocycles. The predicted molar refractivity (Wildman–Crippen MR) is 80.5 cm³/mol. The Kier molecular flexibility index (Phi) is 3.94. The molecule has 0 fully saturated rings. The number of hydrogen-bond acceptors (Lipinski definition) is 4. The van der Waals surface area contributed by atoms with Gasteiger partial charge < -0.3 is 5.11 Å². The fourth-order valence-corrected chi connectivity index (χ4v) is 4.25. The molecule has 132 valence electrons. The van der Waals surface area contributed by atoms with Crippen LogP contribution in [0.3, 0.4) is 0 Å². The molecule has 0 saturated carbocycles. The van der Waals surface area contributed by atoms with Gasteiger partial charge in [-0.05, 0) is 23.8 Å². The van der Waals surface area contributed by atoms with Crippen LogP contribution >= 0.6 is 0 Å². The van der Waals surface area contributed by atoms with Crippen molar-refractivity contribution in [1.82, 2.24) is 4.98 Å². The highest BCUT2D eigenvalue weighted by molar-refractivity contribution is 7.93. The first-order valence-corrected chi connectivity index (χ1v) is 8.45. The summed E-state index contributed by atoms with van der Waals surface area (Å²) >= 11 is 0. The van der Waals surface area contributed by atoms with Crippen LogP contribution in [0.25, 0.3) is 0 Å². The first-order chi connectivity index (χ1) is 11.6. The fraction of sp³-hybridized carbons (Fsp3) is 0.200. The number of fused-ring (bicyclic) bond motifs is 1. The standard InChI is InChI=1S/C15H11F3N2O4S/c16-15(17,18)13-6-5-10(8-19-13)25(23,24)20-11-4-2-1-3-9(11)7-12(20)14(21)22/h1-6,8,12H,7H2,(H,21,22)/t12-/m0/s1. The SMILES string of the molecule is O=C(O)[C@@H]1Cc2ccccc2N1S(=O)(=O)c1ccc(C(F)(F)F)nc1. The predicted octanol–water partition coefficient (Wildman–Crippen LogP) is 2.31. The molecule has 0 aliphatic carbocycles. The Hall–Kier alpha value is -2.62. The Labute approximate surface area is 140 Å². The molecule has 3 rings (SSSR count). The number of aliphatic carboxylic acids is 1. The Bertz CT molecular complexity index is 927. The molecule has 0 amide bonds. The summed E-state index contributed by atoms with van der Waals surface area (Å²) in [6.45, 7) is 0. The maximum Gasteiger partial charge on any atom is 0.433 e. The first kappa shape index (κ1) is 17.2. The largest absolute Gasteiger partial charge is 0.480 e. The summed E-state index contributed by atoms with van der Waals surface area (Å²) < 4.78 is 64.1. The van der Waals surface area contributed by atoms with Crippen LogP contribution in [0.4, 0.5) is 18.9 Å². The van der Waals surface area contributed by atoms with Gasteiger partial charge in [0.05, 0.1) is 5.69 Å². The summed E-state index contributed by atoms with van der Waals surface area (Å²) in [6, 6.07) is 6.20. The molecule has 0 unspecified atom stereocenters. The molecule has 1 atom stereocenters. The third-order valence-electron chi connectivity index (χ3n) is 3.79. The van der Waals surface area contributed by atoms with E-state index in [2.05, 4.69) is 4.98 Å². The lowest BCUT2D eigenvalue weighted by Gasteiger charge is -2.24. The van der Waals surface area contributed by atoms with E-state index in [0.717, 1.165) is 10.4 Å². The molecule has 6 nitrogen and oxygen atoms in total. The molecule has 0 spiro atoms. The normalized spacial score (nSPS) is 17.4. The van der Waals surface area contributed by atoms with Gasteiger partial charge in [-0.2, -0.15) is 13.2 Å². The number of hydrogen-bond donors (Lipinski definition) is 1. The first-order valence-electron chi connectivity index (χ1n) is 7.01. The van der Waals surface area contributed by atoms with Crippen molar-refractivity contribution in [3.8, 4) is 0 Å². The van der Waals surface area contributed by atoms with Crippen molar-refractivity contribution in [3.63, 3.8) is 0 Å². The lowest BCUT2D eigenvalue weighted by atomic mass is 10.1. The number of carboxylic acid groups (broad SMARTS) is 1. The van der Waals surface area contributed by atoms with Crippen molar-refractivity contribution in [2.24, 2.45) is 0 Å². The van der Waals surface area contributed by atoms with Crippen molar-refractivity contribution in [3.05, 3.63) is 53.9 Å². The van der Waals surface area contributed by atoms with Crippen LogP contribution in [-0.4, -0.2) is 30.5 Å². The summed E-state index contributed by atoms with van der Waals surface area (Å²) in [5, 5.41) is 9.35. The smallest absolute Gasteiger partial charge is 0.433 e. The second-order valence-corrected chi connectivity index (χ2v) is 7.18. The quantitative estimate of drug-likeness (QED) is 0.893. The van der Waals surface area contributed by atoms with E-state index < -0.39 is 38.8 Å². The van der Waals surface area contributed by atoms with E-state index >= 15 is 0 Å². The molecule has 0 saturated heterocycles. The number of sulfonamides is 1. The second-order valence-electron chi connectivity index (χ2n) is 5.36. The van der Waals surface area contributed by atoms with Gasteiger partial charge in [0, 0.05) is 12.6 Å². The number of anilines is 1. The van der Waals surface area contributed by atoms with Gasteiger partial charge in [-0.25, -0.2) is 13.2 Å². The van der Waals surface area contributed by atoms with Crippen LogP contribution in [0.5, 0.6) is 0 Å². The van der Waals surface area contributed by atoms with Crippen LogP contribution < -0.4 is 4.31 Å². The summed E-state index contributed by atoms with van der Waals surface area (Å²) in [4.78, 5) is 14.1. The second kappa shape index (κ2) is 5.73. The molecule has 2 heterocycles. The van der Waals surface area contributed by atoms with Gasteiger partial charge in [0.1, 0.15) is 16.6 Å². The summed E-state index contributed by atoms with van der Waals surface area (Å²) in [7, 11) is -4.39. The van der Waals surface area contributed by atoms with Gasteiger partial charge in [-0.3, -0.25) is 9.29 Å². The van der Waals surface area contributed by atoms with Gasteiger partial charge >= 0.3 is 12.1 Å². The number of carboxylic acids is 1. The van der Waals surface area contributed by atoms with Gasteiger partial charge in [0.15, 0.2) is 0 Å². The highest BCUT2D eigenvalue weighted by atomic mass is 32.2. The number of benzene rings is 1. The fourth-order valence-electron chi connectivity index (χ4n) is 2.66. The number of pyridine rings is 1. The Morgan fingerprint density at radius 2 is 1.88 bits per heavy atom. The average molecular weight is 372 g/mol. The lowest BCUT2D eigenvalue weighted by molar-refractivity contribution is -0.141. The Morgan fingerprint density at radius 1 is 1.20 bits per heavy atom. The summed E-state index contributed by atoms with van der Waals surface area (Å²) in [5.74, 6) is -1.35. The zero-order chi connectivity index (χ0) is 18.4. The average Bonchev–Trinajstić information content (AvgIpc) is 2.94. The molecule has 0 radical (unpaired) electrons. The van der Waals surface area contributed by atoms with Crippen molar-refractivity contribution >= 4 is 21.7 Å². The highest BCUT2D eigenvalue weighted by Gasteiger charge is 2.42. The molecule has 10 heteroatoms. The van der Waals surface area contributed by atoms with E-state index in [1.807, 2.05) is 0 Å². The number of carbonyl (C=O) groups is 1. The Morgan fingerprint density at radius 3 is 2.44 bits per heavy atom. The Balaban J connectivity index is 2.08. The van der Waals surface area contributed by atoms with Crippen molar-refractivity contribution in [2.75, 3.05) is 4.31 Å². The van der Waals surface area contributed by atoms with Crippen molar-refractivity contribution in [2.45, 2.75) is 23.5 Å². The molecule has 2 aromatic rings. The number of rotatable bonds is 3. The van der Waals surface area contributed by atoms with Crippen LogP contribution in [0.2, 0.25) is 0 Å². The zero-order valence-electron chi connectivity index (χ0n) is 12.4. The highest BCUT2D eigenvalue weighted by Crippen LogP contribution is 2.37. The van der Waals surface area contributed by atoms with Crippen LogP contribution in [0.1, 0.15) is 11.3 Å². The van der Waals surface area contributed by atoms with Crippen LogP contribution in [-0.2, 0) is 27.4 Å². The molecule has 25 heavy (non-hydrogen) atoms. The third-order valence-corrected chi connectivity index (χ3v) is 5.60. The van der Waals surface area contributed by atoms with Crippen LogP contribution in [0, 0.1) is 0 Å². The molecule has 1 aromatic carbocycles. The van der Waals surface area contributed by atoms with Gasteiger partial charge in [0.25, 0.3) is 10.0 Å². The van der Waals surface area contributed by atoms with E-state index in [9.17, 15) is 31.5 Å². The van der Waals surface area contributed by atoms with Crippen molar-refractivity contribution < 1.29 is 31.5 Å². The maximum absolute atomic E-state index is 12.8. The van der Waals surface area contributed by atoms with Gasteiger partial charge in [-0.15, -0.1) is 0 Å². The van der Waals surface area contributed by atoms with Gasteiger partial charge in [0.2, 0.25) is 0 Å². The molecular formula is C15H11F3N2O4S. The maximum atomic E-state index is 12.8. The van der Waals surface area contributed by atoms with E-state index in [4.69, 9.17) is 0 Å². The molecule has 0 bridgehead atoms. The topological polar surface area (TPSA) is 87.6 Å². The van der Waals surface area contributed by atoms with E-state index in [1.165, 1.54) is 6.07 Å². The molecule has 1 aromatic heterocycles. The van der Waals surface area contributed by atoms with E-state index in [1.54, 1.807) is 18.2 Å². The van der Waals surface area contributed by atoms with E-state index in [0.29, 0.717) is 17.8 Å². The van der Waals surface area contributed by atoms with E-state index in [-0.39, 0.29) is 12.1 Å².